The molecular formula is C3H8BiO3. The summed E-state index contributed by atoms with van der Waals surface area (Å²) in [5.74, 6) is 0. The van der Waals surface area contributed by atoms with Gasteiger partial charge in [-0.1, -0.05) is 0 Å². The van der Waals surface area contributed by atoms with Crippen LogP contribution in [0.5, 0.6) is 0 Å². The largest absolute Gasteiger partial charge is 0.394 e. The van der Waals surface area contributed by atoms with Gasteiger partial charge in [0.15, 0.2) is 0 Å². The van der Waals surface area contributed by atoms with E-state index in [9.17, 15) is 0 Å². The first-order valence-corrected chi connectivity index (χ1v) is 1.71. The van der Waals surface area contributed by atoms with Crippen molar-refractivity contribution in [1.29, 1.82) is 0 Å². The van der Waals surface area contributed by atoms with E-state index >= 15 is 0 Å². The smallest absolute Gasteiger partial charge is 0.100 e. The number of aliphatic hydroxyl groups excluding tert-OH is 3. The Bertz CT molecular complexity index is 29.4. The molecule has 0 spiro atoms. The molecule has 0 aliphatic carbocycles. The van der Waals surface area contributed by atoms with Crippen LogP contribution in [-0.2, 0) is 0 Å². The Morgan fingerprint density at radius 3 is 1.43 bits per heavy atom. The van der Waals surface area contributed by atoms with E-state index in [-0.39, 0.29) is 39.4 Å². The molecule has 0 aliphatic heterocycles. The van der Waals surface area contributed by atoms with Crippen molar-refractivity contribution < 1.29 is 15.3 Å². The van der Waals surface area contributed by atoms with E-state index in [0.29, 0.717) is 0 Å². The van der Waals surface area contributed by atoms with Crippen molar-refractivity contribution in [2.24, 2.45) is 0 Å². The monoisotopic (exact) mass is 301 g/mol. The third-order valence-electron chi connectivity index (χ3n) is 0.421. The van der Waals surface area contributed by atoms with Crippen molar-refractivity contribution in [1.82, 2.24) is 0 Å². The molecule has 0 bridgehead atoms. The van der Waals surface area contributed by atoms with Crippen LogP contribution in [0.15, 0.2) is 0 Å². The molecule has 0 fully saturated rings. The summed E-state index contributed by atoms with van der Waals surface area (Å²) in [7, 11) is 0. The van der Waals surface area contributed by atoms with Gasteiger partial charge in [0.1, 0.15) is 6.10 Å². The Morgan fingerprint density at radius 2 is 1.43 bits per heavy atom. The molecule has 4 heteroatoms. The van der Waals surface area contributed by atoms with Crippen LogP contribution < -0.4 is 0 Å². The first kappa shape index (κ1) is 10.7. The van der Waals surface area contributed by atoms with Crippen molar-refractivity contribution in [2.45, 2.75) is 6.10 Å². The second kappa shape index (κ2) is 6.76. The molecule has 0 aromatic carbocycles. The van der Waals surface area contributed by atoms with Gasteiger partial charge in [-0.15, -0.1) is 0 Å². The molecule has 0 unspecified atom stereocenters. The molecule has 3 nitrogen and oxygen atoms in total. The van der Waals surface area contributed by atoms with Gasteiger partial charge in [-0.3, -0.25) is 0 Å². The summed E-state index contributed by atoms with van der Waals surface area (Å²) in [6.45, 7) is -0.729. The molecule has 0 rings (SSSR count). The van der Waals surface area contributed by atoms with E-state index in [2.05, 4.69) is 0 Å². The van der Waals surface area contributed by atoms with Gasteiger partial charge < -0.3 is 15.3 Å². The molecule has 0 saturated carbocycles. The summed E-state index contributed by atoms with van der Waals surface area (Å²) in [5, 5.41) is 24.0. The van der Waals surface area contributed by atoms with E-state index in [0.717, 1.165) is 0 Å². The molecule has 0 aromatic rings. The predicted molar refractivity (Wildman–Crippen MR) is 25.9 cm³/mol. The summed E-state index contributed by atoms with van der Waals surface area (Å²) in [5.41, 5.74) is 0. The molecule has 43 valence electrons. The molecule has 0 saturated heterocycles. The second-order valence-corrected chi connectivity index (χ2v) is 1.02. The minimum absolute atomic E-state index is 0. The van der Waals surface area contributed by atoms with Gasteiger partial charge >= 0.3 is 0 Å². The average Bonchev–Trinajstić information content (AvgIpc) is 1.65. The van der Waals surface area contributed by atoms with Gasteiger partial charge in [-0.05, 0) is 0 Å². The van der Waals surface area contributed by atoms with Crippen LogP contribution in [0.25, 0.3) is 0 Å². The molecule has 0 aliphatic rings. The molecule has 0 aromatic heterocycles. The minimum Gasteiger partial charge on any atom is -0.394 e. The van der Waals surface area contributed by atoms with Gasteiger partial charge in [-0.2, -0.15) is 0 Å². The van der Waals surface area contributed by atoms with E-state index in [1.807, 2.05) is 0 Å². The fourth-order valence-corrected chi connectivity index (χ4v) is 0.0577. The van der Waals surface area contributed by atoms with E-state index in [1.54, 1.807) is 0 Å². The molecule has 7 heavy (non-hydrogen) atoms. The normalized spacial score (nSPS) is 8.57. The van der Waals surface area contributed by atoms with Gasteiger partial charge in [0.05, 0.1) is 13.2 Å². The third-order valence-corrected chi connectivity index (χ3v) is 0.421. The first-order valence-electron chi connectivity index (χ1n) is 1.71. The van der Waals surface area contributed by atoms with Crippen molar-refractivity contribution in [3.63, 3.8) is 0 Å². The Labute approximate surface area is 61.1 Å². The number of hydrogen-bond donors (Lipinski definition) is 3. The zero-order valence-electron chi connectivity index (χ0n) is 3.78. The van der Waals surface area contributed by atoms with E-state index < -0.39 is 6.10 Å². The van der Waals surface area contributed by atoms with Crippen LogP contribution >= 0.6 is 0 Å². The maximum atomic E-state index is 8.17. The number of hydrogen-bond acceptors (Lipinski definition) is 3. The van der Waals surface area contributed by atoms with Crippen LogP contribution in [0.1, 0.15) is 0 Å². The fraction of sp³-hybridized carbons (Fsp3) is 1.00. The quantitative estimate of drug-likeness (QED) is 0.515. The molecular weight excluding hydrogens is 293 g/mol. The molecule has 3 N–H and O–H groups in total. The molecule has 0 atom stereocenters. The van der Waals surface area contributed by atoms with Crippen molar-refractivity contribution in [2.75, 3.05) is 13.2 Å². The Balaban J connectivity index is 0. The summed E-state index contributed by atoms with van der Waals surface area (Å²) >= 11 is 0. The van der Waals surface area contributed by atoms with Crippen LogP contribution in [0.4, 0.5) is 0 Å². The second-order valence-electron chi connectivity index (χ2n) is 1.02. The van der Waals surface area contributed by atoms with E-state index in [1.165, 1.54) is 0 Å². The van der Waals surface area contributed by atoms with Crippen LogP contribution in [0.2, 0.25) is 0 Å². The zero-order valence-corrected chi connectivity index (χ0v) is 7.26. The van der Waals surface area contributed by atoms with Gasteiger partial charge in [0, 0.05) is 26.2 Å². The number of rotatable bonds is 2. The summed E-state index contributed by atoms with van der Waals surface area (Å²) in [4.78, 5) is 0. The fourth-order valence-electron chi connectivity index (χ4n) is 0.0577. The standard InChI is InChI=1S/C3H8O3.Bi/c4-1-3(6)2-5;/h3-6H,1-2H2;. The number of aliphatic hydroxyl groups is 3. The molecule has 3 radical (unpaired) electrons. The first-order chi connectivity index (χ1) is 2.81. The van der Waals surface area contributed by atoms with Crippen LogP contribution in [0.3, 0.4) is 0 Å². The van der Waals surface area contributed by atoms with Crippen molar-refractivity contribution in [3.8, 4) is 0 Å². The Hall–Kier alpha value is 0.763. The SMILES string of the molecule is OCC(O)CO.[Bi]. The predicted octanol–water partition coefficient (Wildman–Crippen LogP) is -2.05. The maximum absolute atomic E-state index is 8.17. The van der Waals surface area contributed by atoms with Crippen LogP contribution in [0, 0.1) is 0 Å². The van der Waals surface area contributed by atoms with Crippen molar-refractivity contribution in [3.05, 3.63) is 0 Å². The van der Waals surface area contributed by atoms with Gasteiger partial charge in [0.25, 0.3) is 0 Å². The Kier molecular flexibility index (Phi) is 10.3. The molecule has 0 heterocycles. The van der Waals surface area contributed by atoms with Crippen molar-refractivity contribution >= 4 is 26.2 Å². The minimum atomic E-state index is -0.954. The van der Waals surface area contributed by atoms with Gasteiger partial charge in [0.2, 0.25) is 0 Å². The average molecular weight is 301 g/mol. The summed E-state index contributed by atoms with van der Waals surface area (Å²) in [6.07, 6.45) is -0.954. The summed E-state index contributed by atoms with van der Waals surface area (Å²) < 4.78 is 0. The van der Waals surface area contributed by atoms with Gasteiger partial charge in [-0.25, -0.2) is 0 Å². The third kappa shape index (κ3) is 6.76. The van der Waals surface area contributed by atoms with E-state index in [4.69, 9.17) is 15.3 Å². The van der Waals surface area contributed by atoms with Crippen LogP contribution in [-0.4, -0.2) is 60.8 Å². The maximum Gasteiger partial charge on any atom is 0.100 e. The Morgan fingerprint density at radius 1 is 1.14 bits per heavy atom. The zero-order chi connectivity index (χ0) is 4.99. The topological polar surface area (TPSA) is 60.7 Å². The molecule has 0 amide bonds. The summed E-state index contributed by atoms with van der Waals surface area (Å²) in [6, 6.07) is 0.